The second-order valence-electron chi connectivity index (χ2n) is 11.5. The Morgan fingerprint density at radius 2 is 1.55 bits per heavy atom. The first-order valence-electron chi connectivity index (χ1n) is 14.6. The van der Waals surface area contributed by atoms with Crippen molar-refractivity contribution < 1.29 is 54.7 Å². The van der Waals surface area contributed by atoms with Gasteiger partial charge in [-0.3, -0.25) is 0 Å². The Morgan fingerprint density at radius 3 is 2.19 bits per heavy atom. The lowest BCUT2D eigenvalue weighted by Crippen LogP contribution is -2.69. The van der Waals surface area contributed by atoms with E-state index in [2.05, 4.69) is 10.6 Å². The molecule has 1 aliphatic carbocycles. The monoisotopic (exact) mass is 612 g/mol. The molecule has 0 bridgehead atoms. The highest BCUT2D eigenvalue weighted by Gasteiger charge is 2.50. The summed E-state index contributed by atoms with van der Waals surface area (Å²) in [7, 11) is 0. The van der Waals surface area contributed by atoms with Gasteiger partial charge in [-0.05, 0) is 32.2 Å². The minimum absolute atomic E-state index is 0.149. The van der Waals surface area contributed by atoms with Gasteiger partial charge in [-0.1, -0.05) is 0 Å². The maximum absolute atomic E-state index is 11.5. The van der Waals surface area contributed by atoms with Gasteiger partial charge in [-0.2, -0.15) is 0 Å². The zero-order chi connectivity index (χ0) is 31.0. The molecular formula is C25H52N6O11. The molecule has 2 heterocycles. The summed E-state index contributed by atoms with van der Waals surface area (Å²) in [5, 5.41) is 77.3. The third kappa shape index (κ3) is 9.18. The summed E-state index contributed by atoms with van der Waals surface area (Å²) < 4.78 is 23.8. The number of aliphatic hydroxyl groups excluding tert-OH is 7. The predicted molar refractivity (Wildman–Crippen MR) is 147 cm³/mol. The van der Waals surface area contributed by atoms with Crippen LogP contribution in [-0.4, -0.2) is 167 Å². The summed E-state index contributed by atoms with van der Waals surface area (Å²) in [6, 6.07) is -4.00. The van der Waals surface area contributed by atoms with E-state index in [0.29, 0.717) is 38.9 Å². The molecule has 0 amide bonds. The number of nitrogens with one attached hydrogen (secondary N) is 2. The largest absolute Gasteiger partial charge is 0.395 e. The second-order valence-corrected chi connectivity index (χ2v) is 11.5. The smallest absolute Gasteiger partial charge is 0.186 e. The van der Waals surface area contributed by atoms with Crippen molar-refractivity contribution in [3.63, 3.8) is 0 Å². The fourth-order valence-corrected chi connectivity index (χ4v) is 5.62. The predicted octanol–water partition coefficient (Wildman–Crippen LogP) is -6.94. The Hall–Kier alpha value is -0.680. The summed E-state index contributed by atoms with van der Waals surface area (Å²) in [6.45, 7) is -0.264. The van der Waals surface area contributed by atoms with Gasteiger partial charge < -0.3 is 88.3 Å². The number of hydrogen-bond donors (Lipinski definition) is 13. The van der Waals surface area contributed by atoms with Crippen LogP contribution in [0.5, 0.6) is 0 Å². The molecule has 2 saturated heterocycles. The Labute approximate surface area is 245 Å². The standard InChI is InChI=1S/C25H52N6O11/c26-4-3-12(35)6-30-7-13-1-2-14(27)24(39-13)41-22-15(28)5-16(31-11(8-32)9-33)23(21(22)38)42-25-20(37)18(29)19(36)17(10-34)40-25/h11-25,30-38H,1-10,26-29H2/t12?,13-,14+,15-,16+,17+,18-,19+,20+,21-,22?,23-,24+,25+/m0/s1. The molecule has 2 unspecified atom stereocenters. The molecule has 0 aromatic rings. The van der Waals surface area contributed by atoms with Crippen LogP contribution in [0.15, 0.2) is 0 Å². The molecule has 1 saturated carbocycles. The molecule has 17 nitrogen and oxygen atoms in total. The molecule has 3 fully saturated rings. The van der Waals surface area contributed by atoms with E-state index >= 15 is 0 Å². The number of ether oxygens (including phenoxy) is 4. The van der Waals surface area contributed by atoms with Crippen molar-refractivity contribution in [2.45, 2.75) is 117 Å². The summed E-state index contributed by atoms with van der Waals surface area (Å²) >= 11 is 0. The minimum atomic E-state index is -1.51. The van der Waals surface area contributed by atoms with Crippen molar-refractivity contribution >= 4 is 0 Å². The van der Waals surface area contributed by atoms with Crippen molar-refractivity contribution in [1.29, 1.82) is 0 Å². The highest BCUT2D eigenvalue weighted by atomic mass is 16.7. The molecule has 0 aromatic heterocycles. The van der Waals surface area contributed by atoms with Crippen molar-refractivity contribution in [2.75, 3.05) is 39.5 Å². The Kier molecular flexibility index (Phi) is 14.6. The molecule has 2 aliphatic heterocycles. The molecular weight excluding hydrogens is 560 g/mol. The fourth-order valence-electron chi connectivity index (χ4n) is 5.62. The van der Waals surface area contributed by atoms with E-state index < -0.39 is 105 Å². The zero-order valence-electron chi connectivity index (χ0n) is 23.8. The maximum Gasteiger partial charge on any atom is 0.186 e. The first-order valence-corrected chi connectivity index (χ1v) is 14.6. The molecule has 14 atom stereocenters. The van der Waals surface area contributed by atoms with Gasteiger partial charge in [-0.15, -0.1) is 0 Å². The summed E-state index contributed by atoms with van der Waals surface area (Å²) in [5.41, 5.74) is 24.1. The third-order valence-corrected chi connectivity index (χ3v) is 8.18. The van der Waals surface area contributed by atoms with E-state index in [1.54, 1.807) is 0 Å². The van der Waals surface area contributed by atoms with Crippen LogP contribution in [0, 0.1) is 0 Å². The van der Waals surface area contributed by atoms with Crippen LogP contribution in [0.25, 0.3) is 0 Å². The number of aliphatic hydroxyl groups is 7. The normalized spacial score (nSPS) is 42.1. The van der Waals surface area contributed by atoms with E-state index in [0.717, 1.165) is 0 Å². The molecule has 3 aliphatic rings. The van der Waals surface area contributed by atoms with Gasteiger partial charge in [0.25, 0.3) is 0 Å². The molecule has 0 radical (unpaired) electrons. The molecule has 17 heteroatoms. The summed E-state index contributed by atoms with van der Waals surface area (Å²) in [6.07, 6.45) is -9.03. The van der Waals surface area contributed by atoms with Crippen LogP contribution in [0.2, 0.25) is 0 Å². The van der Waals surface area contributed by atoms with Gasteiger partial charge in [0.05, 0.1) is 50.2 Å². The Balaban J connectivity index is 1.72. The molecule has 17 N–H and O–H groups in total. The van der Waals surface area contributed by atoms with Crippen LogP contribution >= 0.6 is 0 Å². The van der Waals surface area contributed by atoms with Crippen molar-refractivity contribution in [1.82, 2.24) is 10.6 Å². The van der Waals surface area contributed by atoms with Crippen LogP contribution in [0.4, 0.5) is 0 Å². The molecule has 3 rings (SSSR count). The van der Waals surface area contributed by atoms with Gasteiger partial charge in [-0.25, -0.2) is 0 Å². The van der Waals surface area contributed by atoms with Crippen LogP contribution < -0.4 is 33.6 Å². The summed E-state index contributed by atoms with van der Waals surface area (Å²) in [5.74, 6) is 0. The molecule has 0 spiro atoms. The zero-order valence-corrected chi connectivity index (χ0v) is 23.8. The average molecular weight is 613 g/mol. The number of hydrogen-bond acceptors (Lipinski definition) is 17. The summed E-state index contributed by atoms with van der Waals surface area (Å²) in [4.78, 5) is 0. The van der Waals surface area contributed by atoms with Gasteiger partial charge in [0.1, 0.15) is 36.6 Å². The van der Waals surface area contributed by atoms with E-state index in [1.807, 2.05) is 0 Å². The lowest BCUT2D eigenvalue weighted by molar-refractivity contribution is -0.314. The van der Waals surface area contributed by atoms with E-state index in [-0.39, 0.29) is 12.5 Å². The van der Waals surface area contributed by atoms with Crippen molar-refractivity contribution in [3.05, 3.63) is 0 Å². The third-order valence-electron chi connectivity index (χ3n) is 8.18. The highest BCUT2D eigenvalue weighted by Crippen LogP contribution is 2.31. The van der Waals surface area contributed by atoms with E-state index in [1.165, 1.54) is 0 Å². The Bertz CT molecular complexity index is 774. The quantitative estimate of drug-likeness (QED) is 0.0817. The molecule has 0 aromatic carbocycles. The lowest BCUT2D eigenvalue weighted by Gasteiger charge is -2.49. The minimum Gasteiger partial charge on any atom is -0.395 e. The number of rotatable bonds is 15. The van der Waals surface area contributed by atoms with Crippen molar-refractivity contribution in [2.24, 2.45) is 22.9 Å². The fraction of sp³-hybridized carbons (Fsp3) is 1.00. The molecule has 248 valence electrons. The van der Waals surface area contributed by atoms with E-state index in [9.17, 15) is 35.7 Å². The van der Waals surface area contributed by atoms with Gasteiger partial charge >= 0.3 is 0 Å². The number of nitrogens with two attached hydrogens (primary N) is 4. The molecule has 42 heavy (non-hydrogen) atoms. The van der Waals surface area contributed by atoms with Gasteiger partial charge in [0.2, 0.25) is 0 Å². The Morgan fingerprint density at radius 1 is 0.857 bits per heavy atom. The van der Waals surface area contributed by atoms with E-state index in [4.69, 9.17) is 41.9 Å². The lowest BCUT2D eigenvalue weighted by atomic mass is 9.83. The van der Waals surface area contributed by atoms with Gasteiger partial charge in [0.15, 0.2) is 12.6 Å². The van der Waals surface area contributed by atoms with Crippen LogP contribution in [0.1, 0.15) is 25.7 Å². The maximum atomic E-state index is 11.5. The highest BCUT2D eigenvalue weighted by molar-refractivity contribution is 5.02. The first kappa shape index (κ1) is 35.8. The van der Waals surface area contributed by atoms with Crippen molar-refractivity contribution in [3.8, 4) is 0 Å². The SMILES string of the molecule is NCCC(O)CNC[C@@H]1CC[C@@H](N)[C@@H](OC2[C@@H](N)C[C@@H](NC(CO)CO)[C@H](O[C@H]3O[C@H](CO)[C@@H](O)[C@H](N)[C@H]3O)[C@H]2O)O1. The topological polar surface area (TPSA) is 307 Å². The second kappa shape index (κ2) is 17.1. The average Bonchev–Trinajstić information content (AvgIpc) is 2.97. The van der Waals surface area contributed by atoms with Crippen LogP contribution in [-0.2, 0) is 18.9 Å². The van der Waals surface area contributed by atoms with Crippen LogP contribution in [0.3, 0.4) is 0 Å². The first-order chi connectivity index (χ1) is 20.0. The van der Waals surface area contributed by atoms with Gasteiger partial charge in [0, 0.05) is 25.2 Å².